The zero-order chi connectivity index (χ0) is 13.9. The molecule has 0 atom stereocenters. The van der Waals surface area contributed by atoms with Crippen LogP contribution in [-0.4, -0.2) is 54.9 Å². The van der Waals surface area contributed by atoms with Crippen LogP contribution in [0.2, 0.25) is 0 Å². The molecule has 5 nitrogen and oxygen atoms in total. The second-order valence-electron chi connectivity index (χ2n) is 4.46. The standard InChI is InChI=1S/C14H25N3O2/c1-3-5-15-13-4-6-16-14(11-13)12-17(7-9-18)8-10-19-2/h4,6,11,18H,3,5,7-10,12H2,1-2H3,(H,15,16). The van der Waals surface area contributed by atoms with E-state index in [1.165, 1.54) is 0 Å². The molecule has 108 valence electrons. The van der Waals surface area contributed by atoms with Crippen molar-refractivity contribution >= 4 is 5.69 Å². The number of nitrogens with zero attached hydrogens (tertiary/aromatic N) is 2. The van der Waals surface area contributed by atoms with Gasteiger partial charge in [-0.05, 0) is 18.6 Å². The lowest BCUT2D eigenvalue weighted by Crippen LogP contribution is -2.30. The molecule has 1 aromatic heterocycles. The van der Waals surface area contributed by atoms with Crippen molar-refractivity contribution in [1.29, 1.82) is 0 Å². The van der Waals surface area contributed by atoms with Gasteiger partial charge in [0.1, 0.15) is 0 Å². The highest BCUT2D eigenvalue weighted by atomic mass is 16.5. The van der Waals surface area contributed by atoms with Crippen LogP contribution >= 0.6 is 0 Å². The highest BCUT2D eigenvalue weighted by Crippen LogP contribution is 2.10. The van der Waals surface area contributed by atoms with E-state index < -0.39 is 0 Å². The van der Waals surface area contributed by atoms with Gasteiger partial charge < -0.3 is 15.2 Å². The van der Waals surface area contributed by atoms with Crippen molar-refractivity contribution in [1.82, 2.24) is 9.88 Å². The number of pyridine rings is 1. The van der Waals surface area contributed by atoms with Gasteiger partial charge in [0.25, 0.3) is 0 Å². The summed E-state index contributed by atoms with van der Waals surface area (Å²) in [6, 6.07) is 4.04. The van der Waals surface area contributed by atoms with E-state index in [2.05, 4.69) is 28.2 Å². The Balaban J connectivity index is 2.56. The molecule has 0 spiro atoms. The molecule has 0 amide bonds. The normalized spacial score (nSPS) is 10.9. The molecule has 0 aliphatic heterocycles. The van der Waals surface area contributed by atoms with Crippen molar-refractivity contribution in [2.45, 2.75) is 19.9 Å². The molecule has 0 fully saturated rings. The molecule has 0 unspecified atom stereocenters. The average Bonchev–Trinajstić information content (AvgIpc) is 2.43. The van der Waals surface area contributed by atoms with Crippen LogP contribution < -0.4 is 5.32 Å². The molecule has 0 aliphatic rings. The van der Waals surface area contributed by atoms with E-state index in [1.54, 1.807) is 7.11 Å². The number of aromatic nitrogens is 1. The smallest absolute Gasteiger partial charge is 0.0589 e. The maximum atomic E-state index is 9.07. The van der Waals surface area contributed by atoms with Crippen molar-refractivity contribution in [3.8, 4) is 0 Å². The average molecular weight is 267 g/mol. The van der Waals surface area contributed by atoms with Crippen LogP contribution in [0.3, 0.4) is 0 Å². The minimum atomic E-state index is 0.150. The molecular formula is C14H25N3O2. The highest BCUT2D eigenvalue weighted by Gasteiger charge is 2.06. The summed E-state index contributed by atoms with van der Waals surface area (Å²) < 4.78 is 5.08. The Hall–Kier alpha value is -1.17. The summed E-state index contributed by atoms with van der Waals surface area (Å²) in [5.74, 6) is 0. The van der Waals surface area contributed by atoms with Gasteiger partial charge in [-0.25, -0.2) is 0 Å². The molecule has 1 heterocycles. The maximum absolute atomic E-state index is 9.07. The molecule has 0 aliphatic carbocycles. The van der Waals surface area contributed by atoms with E-state index >= 15 is 0 Å². The van der Waals surface area contributed by atoms with Crippen LogP contribution in [0.25, 0.3) is 0 Å². The lowest BCUT2D eigenvalue weighted by Gasteiger charge is -2.20. The number of hydrogen-bond acceptors (Lipinski definition) is 5. The third-order valence-corrected chi connectivity index (χ3v) is 2.81. The number of ether oxygens (including phenoxy) is 1. The Morgan fingerprint density at radius 3 is 2.95 bits per heavy atom. The van der Waals surface area contributed by atoms with Gasteiger partial charge in [0.05, 0.1) is 18.9 Å². The van der Waals surface area contributed by atoms with Gasteiger partial charge in [-0.2, -0.15) is 0 Å². The number of rotatable bonds is 10. The van der Waals surface area contributed by atoms with Crippen LogP contribution in [0.5, 0.6) is 0 Å². The number of anilines is 1. The Bertz CT molecular complexity index is 347. The first-order valence-electron chi connectivity index (χ1n) is 6.81. The van der Waals surface area contributed by atoms with Crippen molar-refractivity contribution in [2.75, 3.05) is 45.3 Å². The van der Waals surface area contributed by atoms with Crippen LogP contribution in [-0.2, 0) is 11.3 Å². The van der Waals surface area contributed by atoms with Crippen molar-refractivity contribution in [3.05, 3.63) is 24.0 Å². The fourth-order valence-electron chi connectivity index (χ4n) is 1.80. The van der Waals surface area contributed by atoms with Gasteiger partial charge >= 0.3 is 0 Å². The zero-order valence-electron chi connectivity index (χ0n) is 11.9. The van der Waals surface area contributed by atoms with Crippen molar-refractivity contribution < 1.29 is 9.84 Å². The topological polar surface area (TPSA) is 57.6 Å². The molecular weight excluding hydrogens is 242 g/mol. The maximum Gasteiger partial charge on any atom is 0.0589 e. The minimum Gasteiger partial charge on any atom is -0.395 e. The van der Waals surface area contributed by atoms with Gasteiger partial charge in [0.2, 0.25) is 0 Å². The molecule has 2 N–H and O–H groups in total. The molecule has 19 heavy (non-hydrogen) atoms. The molecule has 0 radical (unpaired) electrons. The van der Waals surface area contributed by atoms with Gasteiger partial charge in [0.15, 0.2) is 0 Å². The quantitative estimate of drug-likeness (QED) is 0.670. The zero-order valence-corrected chi connectivity index (χ0v) is 11.9. The van der Waals surface area contributed by atoms with Crippen LogP contribution in [0.1, 0.15) is 19.0 Å². The second-order valence-corrected chi connectivity index (χ2v) is 4.46. The largest absolute Gasteiger partial charge is 0.395 e. The summed E-state index contributed by atoms with van der Waals surface area (Å²) in [5.41, 5.74) is 2.10. The fraction of sp³-hybridized carbons (Fsp3) is 0.643. The fourth-order valence-corrected chi connectivity index (χ4v) is 1.80. The predicted molar refractivity (Wildman–Crippen MR) is 77.3 cm³/mol. The van der Waals surface area contributed by atoms with E-state index in [1.807, 2.05) is 12.3 Å². The van der Waals surface area contributed by atoms with Gasteiger partial charge in [-0.1, -0.05) is 6.92 Å². The Morgan fingerprint density at radius 1 is 1.42 bits per heavy atom. The summed E-state index contributed by atoms with van der Waals surface area (Å²) >= 11 is 0. The lowest BCUT2D eigenvalue weighted by molar-refractivity contribution is 0.126. The van der Waals surface area contributed by atoms with Crippen LogP contribution in [0, 0.1) is 0 Å². The van der Waals surface area contributed by atoms with Crippen molar-refractivity contribution in [2.24, 2.45) is 0 Å². The van der Waals surface area contributed by atoms with E-state index in [0.29, 0.717) is 13.2 Å². The number of hydrogen-bond donors (Lipinski definition) is 2. The van der Waals surface area contributed by atoms with E-state index in [4.69, 9.17) is 9.84 Å². The first-order valence-corrected chi connectivity index (χ1v) is 6.81. The van der Waals surface area contributed by atoms with E-state index in [-0.39, 0.29) is 6.61 Å². The molecule has 1 rings (SSSR count). The van der Waals surface area contributed by atoms with E-state index in [0.717, 1.165) is 37.4 Å². The Kier molecular flexibility index (Phi) is 8.13. The predicted octanol–water partition coefficient (Wildman–Crippen LogP) is 1.34. The van der Waals surface area contributed by atoms with Crippen LogP contribution in [0.15, 0.2) is 18.3 Å². The lowest BCUT2D eigenvalue weighted by atomic mass is 10.3. The second kappa shape index (κ2) is 9.72. The summed E-state index contributed by atoms with van der Waals surface area (Å²) in [6.45, 7) is 6.08. The third-order valence-electron chi connectivity index (χ3n) is 2.81. The molecule has 0 saturated carbocycles. The van der Waals surface area contributed by atoms with Gasteiger partial charge in [-0.3, -0.25) is 9.88 Å². The summed E-state index contributed by atoms with van der Waals surface area (Å²) in [5, 5.41) is 12.4. The van der Waals surface area contributed by atoms with E-state index in [9.17, 15) is 0 Å². The molecule has 5 heteroatoms. The summed E-state index contributed by atoms with van der Waals surface area (Å²) in [6.07, 6.45) is 2.92. The summed E-state index contributed by atoms with van der Waals surface area (Å²) in [7, 11) is 1.69. The first kappa shape index (κ1) is 15.9. The SMILES string of the molecule is CCCNc1ccnc(CN(CCO)CCOC)c1. The molecule has 0 saturated heterocycles. The Labute approximate surface area is 115 Å². The van der Waals surface area contributed by atoms with Crippen molar-refractivity contribution in [3.63, 3.8) is 0 Å². The van der Waals surface area contributed by atoms with Crippen LogP contribution in [0.4, 0.5) is 5.69 Å². The number of aliphatic hydroxyl groups excluding tert-OH is 1. The first-order chi connectivity index (χ1) is 9.30. The minimum absolute atomic E-state index is 0.150. The van der Waals surface area contributed by atoms with Gasteiger partial charge in [-0.15, -0.1) is 0 Å². The highest BCUT2D eigenvalue weighted by molar-refractivity contribution is 5.43. The molecule has 1 aromatic rings. The number of aliphatic hydroxyl groups is 1. The monoisotopic (exact) mass is 267 g/mol. The summed E-state index contributed by atoms with van der Waals surface area (Å²) in [4.78, 5) is 6.51. The number of nitrogens with one attached hydrogen (secondary N) is 1. The number of methoxy groups -OCH3 is 1. The molecule has 0 aromatic carbocycles. The van der Waals surface area contributed by atoms with Gasteiger partial charge in [0, 0.05) is 45.2 Å². The Morgan fingerprint density at radius 2 is 2.26 bits per heavy atom. The molecule has 0 bridgehead atoms. The third kappa shape index (κ3) is 6.52.